The van der Waals surface area contributed by atoms with Crippen molar-refractivity contribution in [3.8, 4) is 0 Å². The minimum Gasteiger partial charge on any atom is -0.366 e. The number of anilines is 1. The summed E-state index contributed by atoms with van der Waals surface area (Å²) in [6.07, 6.45) is 2.03. The van der Waals surface area contributed by atoms with Gasteiger partial charge in [-0.2, -0.15) is 0 Å². The van der Waals surface area contributed by atoms with Crippen molar-refractivity contribution in [1.29, 1.82) is 0 Å². The Kier molecular flexibility index (Phi) is 5.51. The van der Waals surface area contributed by atoms with E-state index in [9.17, 15) is 19.7 Å². The second-order valence-corrected chi connectivity index (χ2v) is 5.39. The fourth-order valence-corrected chi connectivity index (χ4v) is 2.55. The number of nitrogens with zero attached hydrogens (tertiary/aromatic N) is 2. The number of nitro benzene ring substituents is 1. The van der Waals surface area contributed by atoms with Gasteiger partial charge in [-0.15, -0.1) is 0 Å². The van der Waals surface area contributed by atoms with Crippen molar-refractivity contribution in [3.05, 3.63) is 33.9 Å². The van der Waals surface area contributed by atoms with Crippen LogP contribution >= 0.6 is 0 Å². The van der Waals surface area contributed by atoms with E-state index < -0.39 is 10.8 Å². The Morgan fingerprint density at radius 3 is 2.48 bits per heavy atom. The number of carbonyl (C=O) groups excluding carboxylic acids is 2. The van der Waals surface area contributed by atoms with Crippen LogP contribution < -0.4 is 15.5 Å². The number of amides is 2. The molecule has 2 rings (SSSR count). The molecule has 1 aliphatic heterocycles. The second-order valence-electron chi connectivity index (χ2n) is 5.39. The topological polar surface area (TPSA) is 105 Å². The second kappa shape index (κ2) is 7.57. The first-order valence-electron chi connectivity index (χ1n) is 7.55. The fourth-order valence-electron chi connectivity index (χ4n) is 2.55. The zero-order valence-corrected chi connectivity index (χ0v) is 13.0. The van der Waals surface area contributed by atoms with E-state index in [1.807, 2.05) is 4.90 Å². The van der Waals surface area contributed by atoms with Gasteiger partial charge in [0.05, 0.1) is 4.92 Å². The molecule has 0 aliphatic carbocycles. The van der Waals surface area contributed by atoms with Crippen molar-refractivity contribution >= 4 is 23.2 Å². The molecule has 1 heterocycles. The third-order valence-electron chi connectivity index (χ3n) is 3.67. The molecular formula is C15H20N4O4. The number of nitrogens with one attached hydrogen (secondary N) is 2. The predicted molar refractivity (Wildman–Crippen MR) is 85.6 cm³/mol. The number of rotatable bonds is 6. The van der Waals surface area contributed by atoms with Crippen LogP contribution in [0.4, 0.5) is 11.4 Å². The fraction of sp³-hybridized carbons (Fsp3) is 0.467. The molecule has 124 valence electrons. The lowest BCUT2D eigenvalue weighted by Crippen LogP contribution is -2.33. The van der Waals surface area contributed by atoms with Gasteiger partial charge in [0, 0.05) is 44.7 Å². The minimum atomic E-state index is -0.457. The van der Waals surface area contributed by atoms with Crippen molar-refractivity contribution in [3.63, 3.8) is 0 Å². The summed E-state index contributed by atoms with van der Waals surface area (Å²) >= 11 is 0. The van der Waals surface area contributed by atoms with Crippen LogP contribution in [0.3, 0.4) is 0 Å². The molecule has 2 amide bonds. The van der Waals surface area contributed by atoms with Crippen molar-refractivity contribution in [2.45, 2.75) is 19.8 Å². The quantitative estimate of drug-likeness (QED) is 0.463. The molecule has 1 fully saturated rings. The van der Waals surface area contributed by atoms with E-state index in [-0.39, 0.29) is 23.7 Å². The molecule has 8 heteroatoms. The maximum atomic E-state index is 12.0. The highest BCUT2D eigenvalue weighted by atomic mass is 16.6. The van der Waals surface area contributed by atoms with Crippen LogP contribution in [0.15, 0.2) is 18.2 Å². The van der Waals surface area contributed by atoms with Gasteiger partial charge in [-0.3, -0.25) is 19.7 Å². The Bertz CT molecular complexity index is 611. The highest BCUT2D eigenvalue weighted by molar-refractivity contribution is 5.95. The number of carbonyl (C=O) groups is 2. The summed E-state index contributed by atoms with van der Waals surface area (Å²) in [5, 5.41) is 16.5. The van der Waals surface area contributed by atoms with Gasteiger partial charge < -0.3 is 15.5 Å². The lowest BCUT2D eigenvalue weighted by molar-refractivity contribution is -0.384. The highest BCUT2D eigenvalue weighted by Crippen LogP contribution is 2.31. The van der Waals surface area contributed by atoms with E-state index in [2.05, 4.69) is 10.6 Å². The number of hydrogen-bond donors (Lipinski definition) is 2. The third-order valence-corrected chi connectivity index (χ3v) is 3.67. The Labute approximate surface area is 134 Å². The van der Waals surface area contributed by atoms with E-state index in [1.54, 1.807) is 12.1 Å². The lowest BCUT2D eigenvalue weighted by atomic mass is 10.1. The Balaban J connectivity index is 2.07. The van der Waals surface area contributed by atoms with Gasteiger partial charge in [-0.05, 0) is 25.0 Å². The summed E-state index contributed by atoms with van der Waals surface area (Å²) in [5.41, 5.74) is 0.742. The predicted octanol–water partition coefficient (Wildman–Crippen LogP) is 1.06. The van der Waals surface area contributed by atoms with Crippen molar-refractivity contribution in [2.24, 2.45) is 0 Å². The third kappa shape index (κ3) is 4.41. The van der Waals surface area contributed by atoms with Gasteiger partial charge in [0.15, 0.2) is 0 Å². The molecule has 0 atom stereocenters. The Morgan fingerprint density at radius 1 is 1.22 bits per heavy atom. The number of benzene rings is 1. The van der Waals surface area contributed by atoms with Crippen LogP contribution in [0.25, 0.3) is 0 Å². The van der Waals surface area contributed by atoms with Crippen molar-refractivity contribution in [1.82, 2.24) is 10.6 Å². The van der Waals surface area contributed by atoms with Crippen LogP contribution in [0.5, 0.6) is 0 Å². The smallest absolute Gasteiger partial charge is 0.293 e. The summed E-state index contributed by atoms with van der Waals surface area (Å²) in [4.78, 5) is 35.6. The van der Waals surface area contributed by atoms with Gasteiger partial charge in [0.2, 0.25) is 5.91 Å². The van der Waals surface area contributed by atoms with E-state index in [4.69, 9.17) is 0 Å². The largest absolute Gasteiger partial charge is 0.366 e. The average Bonchev–Trinajstić information content (AvgIpc) is 3.04. The van der Waals surface area contributed by atoms with Crippen molar-refractivity contribution < 1.29 is 14.5 Å². The standard InChI is InChI=1S/C15H20N4O4/c1-11(20)16-6-7-17-15(21)12-4-5-13(14(10-12)19(22)23)18-8-2-3-9-18/h4-5,10H,2-3,6-9H2,1H3,(H,16,20)(H,17,21). The van der Waals surface area contributed by atoms with Gasteiger partial charge in [0.25, 0.3) is 11.6 Å². The average molecular weight is 320 g/mol. The lowest BCUT2D eigenvalue weighted by Gasteiger charge is -2.17. The summed E-state index contributed by atoms with van der Waals surface area (Å²) in [7, 11) is 0. The van der Waals surface area contributed by atoms with Gasteiger partial charge in [-0.1, -0.05) is 0 Å². The van der Waals surface area contributed by atoms with E-state index in [0.717, 1.165) is 25.9 Å². The van der Waals surface area contributed by atoms with Crippen LogP contribution in [0, 0.1) is 10.1 Å². The molecule has 1 saturated heterocycles. The summed E-state index contributed by atoms with van der Waals surface area (Å²) in [6.45, 7) is 3.56. The summed E-state index contributed by atoms with van der Waals surface area (Å²) in [6, 6.07) is 4.53. The molecule has 0 radical (unpaired) electrons. The van der Waals surface area contributed by atoms with Crippen LogP contribution in [-0.4, -0.2) is 42.9 Å². The summed E-state index contributed by atoms with van der Waals surface area (Å²) in [5.74, 6) is -0.573. The van der Waals surface area contributed by atoms with Crippen LogP contribution in [0.2, 0.25) is 0 Å². The first kappa shape index (κ1) is 16.7. The molecule has 1 aromatic carbocycles. The van der Waals surface area contributed by atoms with E-state index >= 15 is 0 Å². The zero-order chi connectivity index (χ0) is 16.8. The normalized spacial score (nSPS) is 13.7. The van der Waals surface area contributed by atoms with Crippen LogP contribution in [0.1, 0.15) is 30.1 Å². The monoisotopic (exact) mass is 320 g/mol. The molecule has 0 spiro atoms. The van der Waals surface area contributed by atoms with Crippen molar-refractivity contribution in [2.75, 3.05) is 31.1 Å². The Hall–Kier alpha value is -2.64. The van der Waals surface area contributed by atoms with Gasteiger partial charge >= 0.3 is 0 Å². The molecule has 0 saturated carbocycles. The molecular weight excluding hydrogens is 300 g/mol. The first-order valence-corrected chi connectivity index (χ1v) is 7.55. The number of hydrogen-bond acceptors (Lipinski definition) is 5. The SMILES string of the molecule is CC(=O)NCCNC(=O)c1ccc(N2CCCC2)c([N+](=O)[O-])c1. The van der Waals surface area contributed by atoms with E-state index in [0.29, 0.717) is 12.2 Å². The molecule has 1 aromatic rings. The zero-order valence-electron chi connectivity index (χ0n) is 13.0. The Morgan fingerprint density at radius 2 is 1.87 bits per heavy atom. The molecule has 2 N–H and O–H groups in total. The number of nitro groups is 1. The molecule has 23 heavy (non-hydrogen) atoms. The highest BCUT2D eigenvalue weighted by Gasteiger charge is 2.23. The molecule has 0 unspecified atom stereocenters. The van der Waals surface area contributed by atoms with Gasteiger partial charge in [-0.25, -0.2) is 0 Å². The molecule has 1 aliphatic rings. The van der Waals surface area contributed by atoms with E-state index in [1.165, 1.54) is 13.0 Å². The maximum Gasteiger partial charge on any atom is 0.293 e. The van der Waals surface area contributed by atoms with Gasteiger partial charge in [0.1, 0.15) is 5.69 Å². The first-order chi connectivity index (χ1) is 11.0. The molecule has 0 bridgehead atoms. The maximum absolute atomic E-state index is 12.0. The molecule has 0 aromatic heterocycles. The summed E-state index contributed by atoms with van der Waals surface area (Å²) < 4.78 is 0. The molecule has 8 nitrogen and oxygen atoms in total. The van der Waals surface area contributed by atoms with Crippen LogP contribution in [-0.2, 0) is 4.79 Å². The minimum absolute atomic E-state index is 0.0542.